The van der Waals surface area contributed by atoms with Crippen LogP contribution in [-0.4, -0.2) is 40.2 Å². The normalized spacial score (nSPS) is 20.9. The van der Waals surface area contributed by atoms with E-state index >= 15 is 0 Å². The fourth-order valence-electron chi connectivity index (χ4n) is 2.34. The van der Waals surface area contributed by atoms with Crippen LogP contribution in [0.4, 0.5) is 0 Å². The van der Waals surface area contributed by atoms with E-state index in [-0.39, 0.29) is 0 Å². The number of pyridine rings is 1. The number of piperidine rings is 1. The van der Waals surface area contributed by atoms with Crippen molar-refractivity contribution in [2.75, 3.05) is 19.6 Å². The molecule has 0 unspecified atom stereocenters. The van der Waals surface area contributed by atoms with Gasteiger partial charge in [-0.15, -0.1) is 0 Å². The SMILES string of the molecule is CCN1CCC(O)(Cc2ccncc2)CC1. The summed E-state index contributed by atoms with van der Waals surface area (Å²) in [7, 11) is 0. The Morgan fingerprint density at radius 1 is 1.31 bits per heavy atom. The molecule has 1 aliphatic heterocycles. The number of aromatic nitrogens is 1. The first-order valence-electron chi connectivity index (χ1n) is 6.05. The van der Waals surface area contributed by atoms with Gasteiger partial charge in [0, 0.05) is 31.9 Å². The van der Waals surface area contributed by atoms with E-state index < -0.39 is 5.60 Å². The largest absolute Gasteiger partial charge is 0.389 e. The van der Waals surface area contributed by atoms with E-state index in [1.54, 1.807) is 12.4 Å². The zero-order chi connectivity index (χ0) is 11.4. The van der Waals surface area contributed by atoms with Gasteiger partial charge in [-0.2, -0.15) is 0 Å². The highest BCUT2D eigenvalue weighted by Crippen LogP contribution is 2.25. The van der Waals surface area contributed by atoms with Crippen molar-refractivity contribution in [3.8, 4) is 0 Å². The monoisotopic (exact) mass is 220 g/mol. The van der Waals surface area contributed by atoms with Crippen molar-refractivity contribution in [2.24, 2.45) is 0 Å². The first kappa shape index (κ1) is 11.6. The van der Waals surface area contributed by atoms with Gasteiger partial charge in [0.1, 0.15) is 0 Å². The van der Waals surface area contributed by atoms with Crippen molar-refractivity contribution < 1.29 is 5.11 Å². The third-order valence-corrected chi connectivity index (χ3v) is 3.52. The molecule has 0 amide bonds. The maximum Gasteiger partial charge on any atom is 0.0712 e. The average Bonchev–Trinajstić information content (AvgIpc) is 2.31. The standard InChI is InChI=1S/C13H20N2O/c1-2-15-9-5-13(16,6-10-15)11-12-3-7-14-8-4-12/h3-4,7-8,16H,2,5-6,9-11H2,1H3. The molecule has 1 saturated heterocycles. The number of rotatable bonds is 3. The summed E-state index contributed by atoms with van der Waals surface area (Å²) in [6.45, 7) is 5.29. The van der Waals surface area contributed by atoms with Gasteiger partial charge in [-0.1, -0.05) is 6.92 Å². The Morgan fingerprint density at radius 3 is 2.50 bits per heavy atom. The molecule has 0 atom stereocenters. The first-order valence-corrected chi connectivity index (χ1v) is 6.05. The maximum absolute atomic E-state index is 10.5. The van der Waals surface area contributed by atoms with Gasteiger partial charge < -0.3 is 10.0 Å². The number of hydrogen-bond acceptors (Lipinski definition) is 3. The van der Waals surface area contributed by atoms with Crippen molar-refractivity contribution in [2.45, 2.75) is 31.8 Å². The highest BCUT2D eigenvalue weighted by molar-refractivity contribution is 5.13. The Labute approximate surface area is 97.1 Å². The number of hydrogen-bond donors (Lipinski definition) is 1. The lowest BCUT2D eigenvalue weighted by atomic mass is 9.85. The first-order chi connectivity index (χ1) is 7.72. The van der Waals surface area contributed by atoms with E-state index in [1.165, 1.54) is 5.56 Å². The molecule has 0 aliphatic carbocycles. The minimum absolute atomic E-state index is 0.507. The minimum atomic E-state index is -0.507. The van der Waals surface area contributed by atoms with Gasteiger partial charge in [-0.3, -0.25) is 4.98 Å². The van der Waals surface area contributed by atoms with Gasteiger partial charge in [-0.25, -0.2) is 0 Å². The van der Waals surface area contributed by atoms with Crippen LogP contribution in [0.3, 0.4) is 0 Å². The second kappa shape index (κ2) is 4.93. The fraction of sp³-hybridized carbons (Fsp3) is 0.615. The zero-order valence-electron chi connectivity index (χ0n) is 9.89. The van der Waals surface area contributed by atoms with E-state index in [4.69, 9.17) is 0 Å². The van der Waals surface area contributed by atoms with Crippen LogP contribution in [0, 0.1) is 0 Å². The van der Waals surface area contributed by atoms with Crippen LogP contribution in [0.2, 0.25) is 0 Å². The molecule has 16 heavy (non-hydrogen) atoms. The lowest BCUT2D eigenvalue weighted by Gasteiger charge is -2.37. The van der Waals surface area contributed by atoms with Crippen LogP contribution < -0.4 is 0 Å². The number of nitrogens with zero attached hydrogens (tertiary/aromatic N) is 2. The molecule has 88 valence electrons. The average molecular weight is 220 g/mol. The van der Waals surface area contributed by atoms with Crippen molar-refractivity contribution in [3.05, 3.63) is 30.1 Å². The Bertz CT molecular complexity index is 318. The second-order valence-electron chi connectivity index (χ2n) is 4.69. The molecule has 3 heteroatoms. The summed E-state index contributed by atoms with van der Waals surface area (Å²) in [6, 6.07) is 3.98. The van der Waals surface area contributed by atoms with Crippen LogP contribution in [0.5, 0.6) is 0 Å². The lowest BCUT2D eigenvalue weighted by Crippen LogP contribution is -2.45. The zero-order valence-corrected chi connectivity index (χ0v) is 9.89. The Morgan fingerprint density at radius 2 is 1.94 bits per heavy atom. The smallest absolute Gasteiger partial charge is 0.0712 e. The van der Waals surface area contributed by atoms with Gasteiger partial charge >= 0.3 is 0 Å². The molecule has 0 spiro atoms. The van der Waals surface area contributed by atoms with E-state index in [0.29, 0.717) is 0 Å². The van der Waals surface area contributed by atoms with E-state index in [2.05, 4.69) is 16.8 Å². The highest BCUT2D eigenvalue weighted by Gasteiger charge is 2.31. The van der Waals surface area contributed by atoms with Crippen molar-refractivity contribution in [1.29, 1.82) is 0 Å². The predicted molar refractivity (Wildman–Crippen MR) is 64.2 cm³/mol. The third-order valence-electron chi connectivity index (χ3n) is 3.52. The summed E-state index contributed by atoms with van der Waals surface area (Å²) in [5.41, 5.74) is 0.676. The molecule has 0 saturated carbocycles. The molecular formula is C13H20N2O. The van der Waals surface area contributed by atoms with Crippen LogP contribution in [0.15, 0.2) is 24.5 Å². The number of likely N-dealkylation sites (tertiary alicyclic amines) is 1. The van der Waals surface area contributed by atoms with Crippen LogP contribution in [0.1, 0.15) is 25.3 Å². The molecule has 2 heterocycles. The molecule has 2 rings (SSSR count). The molecule has 1 aromatic heterocycles. The van der Waals surface area contributed by atoms with Crippen molar-refractivity contribution >= 4 is 0 Å². The molecule has 1 N–H and O–H groups in total. The van der Waals surface area contributed by atoms with Crippen molar-refractivity contribution in [1.82, 2.24) is 9.88 Å². The quantitative estimate of drug-likeness (QED) is 0.838. The molecule has 3 nitrogen and oxygen atoms in total. The van der Waals surface area contributed by atoms with Crippen LogP contribution in [-0.2, 0) is 6.42 Å². The molecule has 1 aromatic rings. The summed E-state index contributed by atoms with van der Waals surface area (Å²) < 4.78 is 0. The predicted octanol–water partition coefficient (Wildman–Crippen LogP) is 1.47. The van der Waals surface area contributed by atoms with Gasteiger partial charge in [0.15, 0.2) is 0 Å². The lowest BCUT2D eigenvalue weighted by molar-refractivity contribution is -0.0194. The highest BCUT2D eigenvalue weighted by atomic mass is 16.3. The maximum atomic E-state index is 10.5. The van der Waals surface area contributed by atoms with Crippen LogP contribution in [0.25, 0.3) is 0 Å². The minimum Gasteiger partial charge on any atom is -0.389 e. The van der Waals surface area contributed by atoms with Crippen LogP contribution >= 0.6 is 0 Å². The Kier molecular flexibility index (Phi) is 3.56. The van der Waals surface area contributed by atoms with E-state index in [1.807, 2.05) is 12.1 Å². The fourth-order valence-corrected chi connectivity index (χ4v) is 2.34. The Hall–Kier alpha value is -0.930. The Balaban J connectivity index is 1.95. The summed E-state index contributed by atoms with van der Waals surface area (Å²) in [6.07, 6.45) is 6.10. The molecule has 1 fully saturated rings. The molecule has 0 bridgehead atoms. The summed E-state index contributed by atoms with van der Waals surface area (Å²) in [5, 5.41) is 10.5. The van der Waals surface area contributed by atoms with Gasteiger partial charge in [0.25, 0.3) is 0 Å². The molecule has 0 radical (unpaired) electrons. The molecular weight excluding hydrogens is 200 g/mol. The summed E-state index contributed by atoms with van der Waals surface area (Å²) in [4.78, 5) is 6.39. The summed E-state index contributed by atoms with van der Waals surface area (Å²) >= 11 is 0. The van der Waals surface area contributed by atoms with E-state index in [9.17, 15) is 5.11 Å². The van der Waals surface area contributed by atoms with Gasteiger partial charge in [-0.05, 0) is 37.1 Å². The number of aliphatic hydroxyl groups is 1. The topological polar surface area (TPSA) is 36.4 Å². The van der Waals surface area contributed by atoms with Crippen molar-refractivity contribution in [3.63, 3.8) is 0 Å². The van der Waals surface area contributed by atoms with Gasteiger partial charge in [0.2, 0.25) is 0 Å². The molecule has 0 aromatic carbocycles. The third kappa shape index (κ3) is 2.80. The summed E-state index contributed by atoms with van der Waals surface area (Å²) in [5.74, 6) is 0. The van der Waals surface area contributed by atoms with Gasteiger partial charge in [0.05, 0.1) is 5.60 Å². The second-order valence-corrected chi connectivity index (χ2v) is 4.69. The van der Waals surface area contributed by atoms with E-state index in [0.717, 1.165) is 38.9 Å². The molecule has 1 aliphatic rings.